The summed E-state index contributed by atoms with van der Waals surface area (Å²) < 4.78 is 0. The minimum atomic E-state index is -0.165. The van der Waals surface area contributed by atoms with Crippen molar-refractivity contribution in [2.75, 3.05) is 13.2 Å². The van der Waals surface area contributed by atoms with E-state index in [4.69, 9.17) is 10.6 Å². The van der Waals surface area contributed by atoms with Crippen molar-refractivity contribution >= 4 is 29.7 Å². The van der Waals surface area contributed by atoms with Gasteiger partial charge in [-0.25, -0.2) is 0 Å². The molecule has 27 heavy (non-hydrogen) atoms. The summed E-state index contributed by atoms with van der Waals surface area (Å²) in [5.74, 6) is 2.29. The Hall–Kier alpha value is -0.940. The van der Waals surface area contributed by atoms with E-state index >= 15 is 0 Å². The van der Waals surface area contributed by atoms with E-state index in [1.165, 1.54) is 0 Å². The van der Waals surface area contributed by atoms with Crippen molar-refractivity contribution in [2.45, 2.75) is 65.2 Å². The van der Waals surface area contributed by atoms with Gasteiger partial charge in [0.2, 0.25) is 0 Å². The Morgan fingerprint density at radius 2 is 1.89 bits per heavy atom. The molecule has 5 nitrogen and oxygen atoms in total. The van der Waals surface area contributed by atoms with Crippen LogP contribution in [0, 0.1) is 34.5 Å². The summed E-state index contributed by atoms with van der Waals surface area (Å²) in [5.41, 5.74) is 6.37. The minimum Gasteiger partial charge on any atom is -0.395 e. The van der Waals surface area contributed by atoms with Gasteiger partial charge in [-0.2, -0.15) is 0 Å². The predicted molar refractivity (Wildman–Crippen MR) is 107 cm³/mol. The molecule has 0 heterocycles. The van der Waals surface area contributed by atoms with Gasteiger partial charge in [-0.3, -0.25) is 9.59 Å². The molecule has 0 bridgehead atoms. The van der Waals surface area contributed by atoms with Gasteiger partial charge in [0.15, 0.2) is 0 Å². The number of oxime groups is 1. The Morgan fingerprint density at radius 3 is 2.63 bits per heavy atom. The number of halogens is 1. The number of carbonyl (C=O) groups is 2. The lowest BCUT2D eigenvalue weighted by atomic mass is 9.45. The van der Waals surface area contributed by atoms with Crippen molar-refractivity contribution < 1.29 is 14.4 Å². The van der Waals surface area contributed by atoms with Gasteiger partial charge in [-0.1, -0.05) is 19.0 Å². The van der Waals surface area contributed by atoms with Crippen molar-refractivity contribution in [3.63, 3.8) is 0 Å². The van der Waals surface area contributed by atoms with E-state index in [1.807, 2.05) is 0 Å². The first kappa shape index (κ1) is 20.8. The van der Waals surface area contributed by atoms with Crippen molar-refractivity contribution in [3.8, 4) is 0 Å². The molecule has 6 atom stereocenters. The minimum absolute atomic E-state index is 0. The standard InChI is InChI=1S/C21H32N2O3.ClH/c1-20-7-5-13(23-26-10-9-22)11-17(20)18(24)12-14-15-3-4-19(25)21(15,2)8-6-16(14)20;/h14-17H,3-12,22H2,1-2H3;1H/b23-13+;/t14-,15-,16-,17?,20+,21-;/m0./s1. The molecular formula is C21H33ClN2O3. The topological polar surface area (TPSA) is 81.8 Å². The number of rotatable bonds is 3. The summed E-state index contributed by atoms with van der Waals surface area (Å²) in [4.78, 5) is 30.9. The molecule has 2 N–H and O–H groups in total. The summed E-state index contributed by atoms with van der Waals surface area (Å²) in [6, 6.07) is 0. The second-order valence-corrected chi connectivity index (χ2v) is 9.51. The lowest BCUT2D eigenvalue weighted by molar-refractivity contribution is -0.152. The molecule has 0 spiro atoms. The average Bonchev–Trinajstić information content (AvgIpc) is 2.92. The first-order valence-corrected chi connectivity index (χ1v) is 10.3. The van der Waals surface area contributed by atoms with Crippen LogP contribution < -0.4 is 5.73 Å². The van der Waals surface area contributed by atoms with Gasteiger partial charge >= 0.3 is 0 Å². The summed E-state index contributed by atoms with van der Waals surface area (Å²) in [7, 11) is 0. The quantitative estimate of drug-likeness (QED) is 0.584. The molecule has 1 unspecified atom stereocenters. The highest BCUT2D eigenvalue weighted by Crippen LogP contribution is 2.64. The van der Waals surface area contributed by atoms with Crippen molar-refractivity contribution in [3.05, 3.63) is 0 Å². The summed E-state index contributed by atoms with van der Waals surface area (Å²) in [6.45, 7) is 5.39. The molecule has 0 aromatic carbocycles. The maximum Gasteiger partial charge on any atom is 0.139 e. The Morgan fingerprint density at radius 1 is 1.11 bits per heavy atom. The number of Topliss-reactive ketones (excluding diaryl/α,β-unsaturated/α-hetero) is 2. The number of fused-ring (bicyclic) bond motifs is 5. The van der Waals surface area contributed by atoms with Crippen LogP contribution in [0.2, 0.25) is 0 Å². The monoisotopic (exact) mass is 396 g/mol. The van der Waals surface area contributed by atoms with Gasteiger partial charge in [0.05, 0.1) is 5.71 Å². The molecule has 4 saturated carbocycles. The molecule has 0 amide bonds. The van der Waals surface area contributed by atoms with Crippen LogP contribution in [0.1, 0.15) is 65.2 Å². The fourth-order valence-electron chi connectivity index (χ4n) is 6.89. The number of nitrogens with zero attached hydrogens (tertiary/aromatic N) is 1. The first-order valence-electron chi connectivity index (χ1n) is 10.3. The molecule has 0 aromatic heterocycles. The van der Waals surface area contributed by atoms with E-state index in [2.05, 4.69) is 19.0 Å². The first-order chi connectivity index (χ1) is 12.4. The number of nitrogens with two attached hydrogens (primary N) is 1. The molecule has 0 saturated heterocycles. The lowest BCUT2D eigenvalue weighted by Crippen LogP contribution is -2.56. The third-order valence-electron chi connectivity index (χ3n) is 8.41. The van der Waals surface area contributed by atoms with Gasteiger partial charge in [-0.15, -0.1) is 12.4 Å². The van der Waals surface area contributed by atoms with Gasteiger partial charge in [0.1, 0.15) is 18.2 Å². The summed E-state index contributed by atoms with van der Waals surface area (Å²) >= 11 is 0. The predicted octanol–water partition coefficient (Wildman–Crippen LogP) is 3.53. The molecule has 0 aromatic rings. The molecular weight excluding hydrogens is 364 g/mol. The van der Waals surface area contributed by atoms with Crippen molar-refractivity contribution in [1.82, 2.24) is 0 Å². The Bertz CT molecular complexity index is 651. The molecule has 4 fully saturated rings. The van der Waals surface area contributed by atoms with Crippen molar-refractivity contribution in [1.29, 1.82) is 0 Å². The largest absolute Gasteiger partial charge is 0.395 e. The number of hydrogen-bond acceptors (Lipinski definition) is 5. The van der Waals surface area contributed by atoms with Gasteiger partial charge in [-0.05, 0) is 61.7 Å². The Kier molecular flexibility index (Phi) is 5.75. The van der Waals surface area contributed by atoms with Crippen LogP contribution in [0.4, 0.5) is 0 Å². The molecule has 152 valence electrons. The zero-order valence-electron chi connectivity index (χ0n) is 16.5. The number of hydrogen-bond donors (Lipinski definition) is 1. The van der Waals surface area contributed by atoms with Gasteiger partial charge in [0.25, 0.3) is 0 Å². The van der Waals surface area contributed by atoms with E-state index < -0.39 is 0 Å². The summed E-state index contributed by atoms with van der Waals surface area (Å²) in [6.07, 6.45) is 7.13. The van der Waals surface area contributed by atoms with E-state index in [0.717, 1.165) is 44.2 Å². The third kappa shape index (κ3) is 3.15. The lowest BCUT2D eigenvalue weighted by Gasteiger charge is -2.58. The van der Waals surface area contributed by atoms with Crippen LogP contribution in [0.3, 0.4) is 0 Å². The molecule has 4 aliphatic rings. The highest BCUT2D eigenvalue weighted by molar-refractivity contribution is 5.93. The second kappa shape index (κ2) is 7.47. The van der Waals surface area contributed by atoms with Crippen LogP contribution >= 0.6 is 12.4 Å². The van der Waals surface area contributed by atoms with Crippen LogP contribution in [0.25, 0.3) is 0 Å². The van der Waals surface area contributed by atoms with E-state index in [0.29, 0.717) is 55.3 Å². The number of ketones is 2. The Balaban J connectivity index is 0.00000210. The molecule has 4 aliphatic carbocycles. The fraction of sp³-hybridized carbons (Fsp3) is 0.857. The van der Waals surface area contributed by atoms with E-state index in [9.17, 15) is 9.59 Å². The highest BCUT2D eigenvalue weighted by Gasteiger charge is 2.62. The maximum absolute atomic E-state index is 13.1. The van der Waals surface area contributed by atoms with Gasteiger partial charge < -0.3 is 10.6 Å². The molecule has 0 aliphatic heterocycles. The number of carbonyl (C=O) groups excluding carboxylic acids is 2. The second-order valence-electron chi connectivity index (χ2n) is 9.51. The summed E-state index contributed by atoms with van der Waals surface area (Å²) in [5, 5.41) is 4.25. The molecule has 6 heteroatoms. The third-order valence-corrected chi connectivity index (χ3v) is 8.41. The van der Waals surface area contributed by atoms with Crippen LogP contribution in [0.15, 0.2) is 5.16 Å². The Labute approximate surface area is 168 Å². The SMILES string of the molecule is C[C@]12CC/C(=N\OCCN)CC1C(=O)C[C@@H]1[C@@H]2CC[C@]2(C)C(=O)CC[C@@H]12.Cl. The normalized spacial score (nSPS) is 44.9. The zero-order valence-corrected chi connectivity index (χ0v) is 17.4. The zero-order chi connectivity index (χ0) is 18.5. The van der Waals surface area contributed by atoms with E-state index in [-0.39, 0.29) is 29.2 Å². The van der Waals surface area contributed by atoms with Crippen LogP contribution in [-0.2, 0) is 14.4 Å². The smallest absolute Gasteiger partial charge is 0.139 e. The molecule has 4 rings (SSSR count). The highest BCUT2D eigenvalue weighted by atomic mass is 35.5. The van der Waals surface area contributed by atoms with E-state index in [1.54, 1.807) is 0 Å². The van der Waals surface area contributed by atoms with Gasteiger partial charge in [0, 0.05) is 30.7 Å². The fourth-order valence-corrected chi connectivity index (χ4v) is 6.89. The maximum atomic E-state index is 13.1. The molecule has 0 radical (unpaired) electrons. The van der Waals surface area contributed by atoms with Crippen molar-refractivity contribution in [2.24, 2.45) is 45.4 Å². The average molecular weight is 397 g/mol. The van der Waals surface area contributed by atoms with Crippen LogP contribution in [0.5, 0.6) is 0 Å². The van der Waals surface area contributed by atoms with Crippen LogP contribution in [-0.4, -0.2) is 30.4 Å².